The molecule has 0 aromatic heterocycles. The second-order valence-corrected chi connectivity index (χ2v) is 5.12. The SMILES string of the molecule is CCc1c(O)c(CC)c(-c2cccc(O)c2)c(O)c1CC. The van der Waals surface area contributed by atoms with E-state index < -0.39 is 0 Å². The minimum absolute atomic E-state index is 0.144. The third kappa shape index (κ3) is 2.56. The lowest BCUT2D eigenvalue weighted by Gasteiger charge is -2.20. The van der Waals surface area contributed by atoms with Gasteiger partial charge in [0.2, 0.25) is 0 Å². The Hall–Kier alpha value is -2.16. The summed E-state index contributed by atoms with van der Waals surface area (Å²) in [5.74, 6) is 0.633. The van der Waals surface area contributed by atoms with Crippen molar-refractivity contribution in [2.45, 2.75) is 40.0 Å². The van der Waals surface area contributed by atoms with E-state index in [0.29, 0.717) is 24.8 Å². The Morgan fingerprint density at radius 1 is 0.762 bits per heavy atom. The molecular formula is C18H22O3. The van der Waals surface area contributed by atoms with Crippen molar-refractivity contribution in [3.63, 3.8) is 0 Å². The molecule has 3 heteroatoms. The molecule has 0 saturated carbocycles. The van der Waals surface area contributed by atoms with Crippen LogP contribution in [-0.2, 0) is 19.3 Å². The van der Waals surface area contributed by atoms with E-state index in [1.807, 2.05) is 26.8 Å². The number of hydrogen-bond donors (Lipinski definition) is 3. The second kappa shape index (κ2) is 6.08. The van der Waals surface area contributed by atoms with Gasteiger partial charge < -0.3 is 15.3 Å². The summed E-state index contributed by atoms with van der Waals surface area (Å²) in [6.07, 6.45) is 1.94. The van der Waals surface area contributed by atoms with E-state index in [4.69, 9.17) is 0 Å². The molecule has 0 bridgehead atoms. The van der Waals surface area contributed by atoms with Crippen LogP contribution in [0.25, 0.3) is 11.1 Å². The number of aromatic hydroxyl groups is 3. The Bertz CT molecular complexity index is 660. The Balaban J connectivity index is 2.84. The zero-order chi connectivity index (χ0) is 15.6. The van der Waals surface area contributed by atoms with Gasteiger partial charge in [-0.1, -0.05) is 32.9 Å². The molecule has 0 atom stereocenters. The molecule has 0 aliphatic heterocycles. The van der Waals surface area contributed by atoms with Crippen molar-refractivity contribution >= 4 is 0 Å². The van der Waals surface area contributed by atoms with E-state index in [0.717, 1.165) is 22.3 Å². The van der Waals surface area contributed by atoms with E-state index in [1.54, 1.807) is 18.2 Å². The van der Waals surface area contributed by atoms with Crippen LogP contribution in [0.5, 0.6) is 17.2 Å². The van der Waals surface area contributed by atoms with E-state index in [1.165, 1.54) is 0 Å². The highest BCUT2D eigenvalue weighted by atomic mass is 16.3. The highest BCUT2D eigenvalue weighted by Gasteiger charge is 2.21. The maximum Gasteiger partial charge on any atom is 0.127 e. The molecule has 0 aliphatic rings. The lowest BCUT2D eigenvalue weighted by Crippen LogP contribution is -2.00. The molecule has 0 saturated heterocycles. The van der Waals surface area contributed by atoms with Crippen LogP contribution in [0.1, 0.15) is 37.5 Å². The van der Waals surface area contributed by atoms with E-state index >= 15 is 0 Å². The minimum atomic E-state index is 0.144. The van der Waals surface area contributed by atoms with Crippen molar-refractivity contribution in [1.29, 1.82) is 0 Å². The van der Waals surface area contributed by atoms with Crippen LogP contribution in [-0.4, -0.2) is 15.3 Å². The third-order valence-electron chi connectivity index (χ3n) is 3.96. The normalized spacial score (nSPS) is 10.8. The molecular weight excluding hydrogens is 264 g/mol. The predicted molar refractivity (Wildman–Crippen MR) is 85.0 cm³/mol. The fraction of sp³-hybridized carbons (Fsp3) is 0.333. The average Bonchev–Trinajstić information content (AvgIpc) is 2.48. The van der Waals surface area contributed by atoms with Gasteiger partial charge in [0, 0.05) is 22.3 Å². The molecule has 112 valence electrons. The topological polar surface area (TPSA) is 60.7 Å². The summed E-state index contributed by atoms with van der Waals surface area (Å²) in [5.41, 5.74) is 3.67. The number of phenolic OH excluding ortho intramolecular Hbond substituents is 3. The molecule has 3 N–H and O–H groups in total. The molecule has 3 nitrogen and oxygen atoms in total. The fourth-order valence-electron chi connectivity index (χ4n) is 2.96. The maximum absolute atomic E-state index is 10.7. The van der Waals surface area contributed by atoms with Crippen molar-refractivity contribution in [1.82, 2.24) is 0 Å². The lowest BCUT2D eigenvalue weighted by atomic mass is 9.88. The second-order valence-electron chi connectivity index (χ2n) is 5.12. The molecule has 0 aliphatic carbocycles. The first-order valence-corrected chi connectivity index (χ1v) is 7.42. The van der Waals surface area contributed by atoms with Gasteiger partial charge in [-0.05, 0) is 37.0 Å². The van der Waals surface area contributed by atoms with Gasteiger partial charge in [0.1, 0.15) is 17.2 Å². The molecule has 0 radical (unpaired) electrons. The van der Waals surface area contributed by atoms with Crippen LogP contribution in [0.15, 0.2) is 24.3 Å². The minimum Gasteiger partial charge on any atom is -0.508 e. The quantitative estimate of drug-likeness (QED) is 0.740. The van der Waals surface area contributed by atoms with Gasteiger partial charge in [0.25, 0.3) is 0 Å². The number of benzene rings is 2. The third-order valence-corrected chi connectivity index (χ3v) is 3.96. The molecule has 2 rings (SSSR count). The van der Waals surface area contributed by atoms with Crippen molar-refractivity contribution in [2.75, 3.05) is 0 Å². The monoisotopic (exact) mass is 286 g/mol. The molecule has 0 amide bonds. The summed E-state index contributed by atoms with van der Waals surface area (Å²) < 4.78 is 0. The van der Waals surface area contributed by atoms with Crippen LogP contribution in [0.2, 0.25) is 0 Å². The van der Waals surface area contributed by atoms with E-state index in [9.17, 15) is 15.3 Å². The Morgan fingerprint density at radius 2 is 1.33 bits per heavy atom. The van der Waals surface area contributed by atoms with Gasteiger partial charge in [-0.25, -0.2) is 0 Å². The zero-order valence-electron chi connectivity index (χ0n) is 12.8. The van der Waals surface area contributed by atoms with Crippen molar-refractivity contribution in [3.05, 3.63) is 41.0 Å². The Labute approximate surface area is 125 Å². The van der Waals surface area contributed by atoms with Gasteiger partial charge in [-0.15, -0.1) is 0 Å². The standard InChI is InChI=1S/C18H22O3/c1-4-13-14(5-2)18(21)16(15(6-3)17(13)20)11-8-7-9-12(19)10-11/h7-10,19-21H,4-6H2,1-3H3. The first-order chi connectivity index (χ1) is 10.0. The van der Waals surface area contributed by atoms with Gasteiger partial charge in [-0.3, -0.25) is 0 Å². The van der Waals surface area contributed by atoms with Crippen molar-refractivity contribution < 1.29 is 15.3 Å². The maximum atomic E-state index is 10.7. The molecule has 0 spiro atoms. The summed E-state index contributed by atoms with van der Waals surface area (Å²) in [6.45, 7) is 5.89. The van der Waals surface area contributed by atoms with E-state index in [2.05, 4.69) is 0 Å². The van der Waals surface area contributed by atoms with Crippen LogP contribution in [0.4, 0.5) is 0 Å². The van der Waals surface area contributed by atoms with Crippen molar-refractivity contribution in [2.24, 2.45) is 0 Å². The molecule has 0 fully saturated rings. The Morgan fingerprint density at radius 3 is 1.86 bits per heavy atom. The number of rotatable bonds is 4. The highest BCUT2D eigenvalue weighted by Crippen LogP contribution is 2.44. The first kappa shape index (κ1) is 15.2. The largest absolute Gasteiger partial charge is 0.508 e. The van der Waals surface area contributed by atoms with Gasteiger partial charge in [0.15, 0.2) is 0 Å². The zero-order valence-corrected chi connectivity index (χ0v) is 12.8. The summed E-state index contributed by atoms with van der Waals surface area (Å²) in [7, 11) is 0. The molecule has 0 heterocycles. The predicted octanol–water partition coefficient (Wildman–Crippen LogP) is 4.16. The molecule has 21 heavy (non-hydrogen) atoms. The fourth-order valence-corrected chi connectivity index (χ4v) is 2.96. The average molecular weight is 286 g/mol. The van der Waals surface area contributed by atoms with Crippen molar-refractivity contribution in [3.8, 4) is 28.4 Å². The van der Waals surface area contributed by atoms with Gasteiger partial charge in [0.05, 0.1) is 0 Å². The van der Waals surface area contributed by atoms with Crippen LogP contribution >= 0.6 is 0 Å². The van der Waals surface area contributed by atoms with Crippen LogP contribution < -0.4 is 0 Å². The van der Waals surface area contributed by atoms with Gasteiger partial charge in [-0.2, -0.15) is 0 Å². The highest BCUT2D eigenvalue weighted by molar-refractivity contribution is 5.80. The summed E-state index contributed by atoms with van der Waals surface area (Å²) in [6, 6.07) is 6.77. The number of hydrogen-bond acceptors (Lipinski definition) is 3. The van der Waals surface area contributed by atoms with E-state index in [-0.39, 0.29) is 17.2 Å². The van der Waals surface area contributed by atoms with Crippen LogP contribution in [0, 0.1) is 0 Å². The van der Waals surface area contributed by atoms with Gasteiger partial charge >= 0.3 is 0 Å². The summed E-state index contributed by atoms with van der Waals surface area (Å²) >= 11 is 0. The van der Waals surface area contributed by atoms with Crippen LogP contribution in [0.3, 0.4) is 0 Å². The number of phenols is 3. The lowest BCUT2D eigenvalue weighted by molar-refractivity contribution is 0.445. The summed E-state index contributed by atoms with van der Waals surface area (Å²) in [4.78, 5) is 0. The smallest absolute Gasteiger partial charge is 0.127 e. The molecule has 2 aromatic rings. The molecule has 0 unspecified atom stereocenters. The summed E-state index contributed by atoms with van der Waals surface area (Å²) in [5, 5.41) is 30.9. The molecule has 2 aromatic carbocycles. The first-order valence-electron chi connectivity index (χ1n) is 7.42. The Kier molecular flexibility index (Phi) is 4.41.